The summed E-state index contributed by atoms with van der Waals surface area (Å²) in [6.45, 7) is 0.336. The van der Waals surface area contributed by atoms with Gasteiger partial charge in [-0.15, -0.1) is 10.2 Å². The molecule has 2 aromatic heterocycles. The molecule has 37 heavy (non-hydrogen) atoms. The molecule has 198 valence electrons. The number of hydrogen-bond donors (Lipinski definition) is 1. The number of aromatic nitrogens is 4. The first kappa shape index (κ1) is 26.5. The average molecular weight is 520 g/mol. The summed E-state index contributed by atoms with van der Waals surface area (Å²) in [5.74, 6) is 0.221. The molecule has 0 radical (unpaired) electrons. The first-order valence-electron chi connectivity index (χ1n) is 12.1. The summed E-state index contributed by atoms with van der Waals surface area (Å²) in [6.07, 6.45) is -0.225. The number of ether oxygens (including phenoxy) is 1. The van der Waals surface area contributed by atoms with Crippen LogP contribution in [0.15, 0.2) is 40.9 Å². The van der Waals surface area contributed by atoms with Gasteiger partial charge in [0, 0.05) is 38.1 Å². The maximum absolute atomic E-state index is 13.5. The smallest absolute Gasteiger partial charge is 0.422 e. The minimum absolute atomic E-state index is 0.0813. The lowest BCUT2D eigenvalue weighted by atomic mass is 9.79. The highest BCUT2D eigenvalue weighted by molar-refractivity contribution is 5.95. The van der Waals surface area contributed by atoms with Crippen LogP contribution in [0, 0.1) is 5.92 Å². The van der Waals surface area contributed by atoms with Crippen molar-refractivity contribution in [3.8, 4) is 5.69 Å². The van der Waals surface area contributed by atoms with Crippen molar-refractivity contribution in [1.82, 2.24) is 25.3 Å². The van der Waals surface area contributed by atoms with Crippen molar-refractivity contribution in [2.45, 2.75) is 57.2 Å². The molecule has 0 atom stereocenters. The highest BCUT2D eigenvalue weighted by Gasteiger charge is 2.39. The summed E-state index contributed by atoms with van der Waals surface area (Å²) < 4.78 is 52.1. The summed E-state index contributed by atoms with van der Waals surface area (Å²) in [6, 6.07) is 8.24. The third-order valence-electron chi connectivity index (χ3n) is 6.42. The number of carbonyl (C=O) groups excluding carboxylic acids is 2. The van der Waals surface area contributed by atoms with E-state index in [4.69, 9.17) is 9.15 Å². The van der Waals surface area contributed by atoms with Crippen molar-refractivity contribution in [2.75, 3.05) is 13.7 Å². The average Bonchev–Trinajstić information content (AvgIpc) is 3.55. The molecule has 1 fully saturated rings. The van der Waals surface area contributed by atoms with E-state index in [1.54, 1.807) is 37.4 Å². The van der Waals surface area contributed by atoms with Gasteiger partial charge in [-0.3, -0.25) is 9.59 Å². The van der Waals surface area contributed by atoms with Gasteiger partial charge in [0.15, 0.2) is 5.69 Å². The fourth-order valence-corrected chi connectivity index (χ4v) is 4.50. The van der Waals surface area contributed by atoms with E-state index in [1.807, 2.05) is 0 Å². The van der Waals surface area contributed by atoms with Gasteiger partial charge in [0.05, 0.1) is 11.3 Å². The predicted molar refractivity (Wildman–Crippen MR) is 125 cm³/mol. The summed E-state index contributed by atoms with van der Waals surface area (Å²) in [7, 11) is 1.55. The van der Waals surface area contributed by atoms with Gasteiger partial charge in [0.25, 0.3) is 5.91 Å². The Balaban J connectivity index is 1.25. The molecule has 1 aliphatic carbocycles. The molecule has 1 N–H and O–H groups in total. The van der Waals surface area contributed by atoms with Crippen molar-refractivity contribution in [1.29, 1.82) is 0 Å². The molecule has 9 nitrogen and oxygen atoms in total. The standard InChI is InChI=1S/C25H28F3N5O4/c1-36-15-21-30-31-24(37-21)17-11-9-16(10-12-17)20(34)8-5-13-29-23(35)19-14-33(18-6-3-2-4-7-18)32-22(19)25(26,27)28/h2-4,6-7,14,16-17H,5,8-13,15H2,1H3,(H,29,35). The van der Waals surface area contributed by atoms with E-state index in [9.17, 15) is 22.8 Å². The van der Waals surface area contributed by atoms with Crippen molar-refractivity contribution in [2.24, 2.45) is 5.92 Å². The molecule has 1 aliphatic rings. The topological polar surface area (TPSA) is 112 Å². The number of nitrogens with one attached hydrogen (secondary N) is 1. The monoisotopic (exact) mass is 519 g/mol. The maximum atomic E-state index is 13.5. The van der Waals surface area contributed by atoms with Crippen LogP contribution in [-0.4, -0.2) is 45.3 Å². The molecule has 0 saturated heterocycles. The van der Waals surface area contributed by atoms with Crippen LogP contribution < -0.4 is 5.32 Å². The van der Waals surface area contributed by atoms with Crippen molar-refractivity contribution in [3.63, 3.8) is 0 Å². The van der Waals surface area contributed by atoms with Gasteiger partial charge in [-0.25, -0.2) is 4.68 Å². The number of nitrogens with zero attached hydrogens (tertiary/aromatic N) is 4. The van der Waals surface area contributed by atoms with E-state index in [0.29, 0.717) is 36.7 Å². The van der Waals surface area contributed by atoms with Gasteiger partial charge in [-0.2, -0.15) is 18.3 Å². The highest BCUT2D eigenvalue weighted by atomic mass is 19.4. The van der Waals surface area contributed by atoms with Crippen LogP contribution in [0.5, 0.6) is 0 Å². The van der Waals surface area contributed by atoms with Crippen LogP contribution in [-0.2, 0) is 22.3 Å². The van der Waals surface area contributed by atoms with E-state index in [-0.39, 0.29) is 37.2 Å². The molecule has 0 aliphatic heterocycles. The van der Waals surface area contributed by atoms with Crippen LogP contribution in [0.2, 0.25) is 0 Å². The zero-order valence-electron chi connectivity index (χ0n) is 20.3. The Morgan fingerprint density at radius 3 is 2.54 bits per heavy atom. The number of Topliss-reactive ketones (excluding diaryl/α,β-unsaturated/α-hetero) is 1. The zero-order valence-corrected chi connectivity index (χ0v) is 20.3. The van der Waals surface area contributed by atoms with Gasteiger partial charge >= 0.3 is 6.18 Å². The zero-order chi connectivity index (χ0) is 26.4. The quantitative estimate of drug-likeness (QED) is 0.393. The third-order valence-corrected chi connectivity index (χ3v) is 6.42. The van der Waals surface area contributed by atoms with Crippen LogP contribution in [0.25, 0.3) is 5.69 Å². The van der Waals surface area contributed by atoms with E-state index < -0.39 is 23.3 Å². The number of carbonyl (C=O) groups is 2. The SMILES string of the molecule is COCc1nnc(C2CCC(C(=O)CCCNC(=O)c3cn(-c4ccccc4)nc3C(F)(F)F)CC2)o1. The highest BCUT2D eigenvalue weighted by Crippen LogP contribution is 2.36. The Hall–Kier alpha value is -3.54. The van der Waals surface area contributed by atoms with Gasteiger partial charge in [-0.1, -0.05) is 18.2 Å². The Morgan fingerprint density at radius 1 is 1.14 bits per heavy atom. The third kappa shape index (κ3) is 6.62. The molecule has 12 heteroatoms. The van der Waals surface area contributed by atoms with Crippen LogP contribution in [0.1, 0.15) is 72.3 Å². The molecule has 1 aromatic carbocycles. The van der Waals surface area contributed by atoms with Gasteiger partial charge in [0.2, 0.25) is 11.8 Å². The fraction of sp³-hybridized carbons (Fsp3) is 0.480. The van der Waals surface area contributed by atoms with Crippen LogP contribution in [0.4, 0.5) is 13.2 Å². The second-order valence-corrected chi connectivity index (χ2v) is 9.01. The largest absolute Gasteiger partial charge is 0.435 e. The summed E-state index contributed by atoms with van der Waals surface area (Å²) >= 11 is 0. The Kier molecular flexibility index (Phi) is 8.37. The number of amides is 1. The number of ketones is 1. The lowest BCUT2D eigenvalue weighted by Crippen LogP contribution is -2.27. The number of rotatable bonds is 10. The summed E-state index contributed by atoms with van der Waals surface area (Å²) in [5, 5.41) is 14.1. The van der Waals surface area contributed by atoms with Crippen molar-refractivity contribution in [3.05, 3.63) is 59.6 Å². The second-order valence-electron chi connectivity index (χ2n) is 9.01. The molecule has 1 saturated carbocycles. The summed E-state index contributed by atoms with van der Waals surface area (Å²) in [5.41, 5.74) is -1.41. The Labute approximate surface area is 211 Å². The number of halogens is 3. The van der Waals surface area contributed by atoms with E-state index >= 15 is 0 Å². The molecular weight excluding hydrogens is 491 g/mol. The fourth-order valence-electron chi connectivity index (χ4n) is 4.50. The van der Waals surface area contributed by atoms with Crippen molar-refractivity contribution < 1.29 is 31.9 Å². The number of methoxy groups -OCH3 is 1. The molecule has 3 aromatic rings. The minimum Gasteiger partial charge on any atom is -0.422 e. The Morgan fingerprint density at radius 2 is 1.86 bits per heavy atom. The number of alkyl halides is 3. The predicted octanol–water partition coefficient (Wildman–Crippen LogP) is 4.47. The van der Waals surface area contributed by atoms with E-state index in [0.717, 1.165) is 23.7 Å². The van der Waals surface area contributed by atoms with E-state index in [1.165, 1.54) is 0 Å². The Bertz CT molecular complexity index is 1200. The van der Waals surface area contributed by atoms with E-state index in [2.05, 4.69) is 20.6 Å². The number of benzene rings is 1. The summed E-state index contributed by atoms with van der Waals surface area (Å²) in [4.78, 5) is 25.2. The lowest BCUT2D eigenvalue weighted by Gasteiger charge is -2.25. The normalized spacial score (nSPS) is 18.1. The lowest BCUT2D eigenvalue weighted by molar-refractivity contribution is -0.141. The molecule has 0 bridgehead atoms. The van der Waals surface area contributed by atoms with Crippen molar-refractivity contribution >= 4 is 11.7 Å². The molecule has 2 heterocycles. The maximum Gasteiger partial charge on any atom is 0.435 e. The first-order valence-corrected chi connectivity index (χ1v) is 12.1. The van der Waals surface area contributed by atoms with Gasteiger partial charge in [-0.05, 0) is 44.2 Å². The second kappa shape index (κ2) is 11.7. The molecule has 0 spiro atoms. The number of hydrogen-bond acceptors (Lipinski definition) is 7. The molecule has 4 rings (SSSR count). The minimum atomic E-state index is -4.78. The number of para-hydroxylation sites is 1. The first-order chi connectivity index (χ1) is 17.8. The molecular formula is C25H28F3N5O4. The van der Waals surface area contributed by atoms with Crippen LogP contribution >= 0.6 is 0 Å². The van der Waals surface area contributed by atoms with Crippen LogP contribution in [0.3, 0.4) is 0 Å². The van der Waals surface area contributed by atoms with Gasteiger partial charge in [0.1, 0.15) is 12.4 Å². The molecule has 0 unspecified atom stereocenters. The molecule has 1 amide bonds. The van der Waals surface area contributed by atoms with Gasteiger partial charge < -0.3 is 14.5 Å².